The van der Waals surface area contributed by atoms with Gasteiger partial charge in [-0.3, -0.25) is 4.79 Å². The molecule has 1 N–H and O–H groups in total. The Bertz CT molecular complexity index is 1270. The lowest BCUT2D eigenvalue weighted by molar-refractivity contribution is -0.137. The van der Waals surface area contributed by atoms with E-state index in [0.717, 1.165) is 24.1 Å². The van der Waals surface area contributed by atoms with Crippen molar-refractivity contribution in [1.29, 1.82) is 5.26 Å². The van der Waals surface area contributed by atoms with Gasteiger partial charge in [-0.15, -0.1) is 12.6 Å². The summed E-state index contributed by atoms with van der Waals surface area (Å²) in [6.45, 7) is 2.02. The minimum absolute atomic E-state index is 0.146. The molecule has 1 aliphatic rings. The third-order valence-corrected chi connectivity index (χ3v) is 5.75. The van der Waals surface area contributed by atoms with Crippen LogP contribution in [0.2, 0.25) is 0 Å². The third-order valence-electron chi connectivity index (χ3n) is 5.31. The van der Waals surface area contributed by atoms with Crippen LogP contribution in [-0.4, -0.2) is 5.91 Å². The Morgan fingerprint density at radius 2 is 1.88 bits per heavy atom. The van der Waals surface area contributed by atoms with Crippen LogP contribution in [0.5, 0.6) is 0 Å². The number of carbonyl (C=O) groups excluding carboxylic acids is 1. The zero-order valence-electron chi connectivity index (χ0n) is 17.3. The van der Waals surface area contributed by atoms with Crippen molar-refractivity contribution in [2.75, 3.05) is 4.90 Å². The number of nitrogens with one attached hydrogen (secondary N) is 1. The standard InChI is InChI=1S/C24H18F3N3O2S/c1-2-14-6-8-17(9-7-14)30-21(29-22(31)18(13-28)23(30)33)20-11-10-19(32-20)15-4-3-5-16(12-15)24(25,26)27/h3-12,21,33H,2H2,1H3,(H,29,31). The maximum Gasteiger partial charge on any atom is 0.416 e. The molecule has 1 aromatic heterocycles. The molecule has 2 aromatic carbocycles. The zero-order chi connectivity index (χ0) is 23.8. The lowest BCUT2D eigenvalue weighted by atomic mass is 10.1. The molecule has 1 amide bonds. The van der Waals surface area contributed by atoms with E-state index < -0.39 is 23.8 Å². The highest BCUT2D eigenvalue weighted by molar-refractivity contribution is 7.84. The number of alkyl halides is 3. The Kier molecular flexibility index (Phi) is 5.95. The highest BCUT2D eigenvalue weighted by atomic mass is 32.1. The summed E-state index contributed by atoms with van der Waals surface area (Å²) in [5, 5.41) is 12.3. The zero-order valence-corrected chi connectivity index (χ0v) is 18.2. The molecule has 9 heteroatoms. The van der Waals surface area contributed by atoms with Crippen molar-refractivity contribution < 1.29 is 22.4 Å². The number of carbonyl (C=O) groups is 1. The van der Waals surface area contributed by atoms with E-state index in [0.29, 0.717) is 5.69 Å². The third kappa shape index (κ3) is 4.34. The van der Waals surface area contributed by atoms with Gasteiger partial charge in [-0.25, -0.2) is 0 Å². The minimum Gasteiger partial charge on any atom is -0.457 e. The number of furan rings is 1. The lowest BCUT2D eigenvalue weighted by Crippen LogP contribution is -2.45. The Hall–Kier alpha value is -3.64. The smallest absolute Gasteiger partial charge is 0.416 e. The minimum atomic E-state index is -4.48. The molecule has 0 saturated heterocycles. The van der Waals surface area contributed by atoms with Crippen LogP contribution >= 0.6 is 12.6 Å². The summed E-state index contributed by atoms with van der Waals surface area (Å²) in [5.41, 5.74) is 1.06. The summed E-state index contributed by atoms with van der Waals surface area (Å²) in [6.07, 6.45) is -4.50. The number of benzene rings is 2. The number of rotatable bonds is 4. The van der Waals surface area contributed by atoms with Crippen molar-refractivity contribution in [1.82, 2.24) is 5.32 Å². The highest BCUT2D eigenvalue weighted by Gasteiger charge is 2.36. The first-order chi connectivity index (χ1) is 15.7. The predicted octanol–water partition coefficient (Wildman–Crippen LogP) is 5.83. The van der Waals surface area contributed by atoms with Gasteiger partial charge in [0, 0.05) is 11.3 Å². The van der Waals surface area contributed by atoms with E-state index in [9.17, 15) is 23.2 Å². The first-order valence-corrected chi connectivity index (χ1v) is 10.5. The molecule has 1 atom stereocenters. The van der Waals surface area contributed by atoms with Crippen molar-refractivity contribution >= 4 is 24.2 Å². The fraction of sp³-hybridized carbons (Fsp3) is 0.167. The molecule has 0 saturated carbocycles. The predicted molar refractivity (Wildman–Crippen MR) is 120 cm³/mol. The Balaban J connectivity index is 1.76. The molecule has 0 fully saturated rings. The van der Waals surface area contributed by atoms with Crippen molar-refractivity contribution in [3.8, 4) is 17.4 Å². The van der Waals surface area contributed by atoms with E-state index in [-0.39, 0.29) is 27.7 Å². The molecule has 5 nitrogen and oxygen atoms in total. The topological polar surface area (TPSA) is 69.3 Å². The van der Waals surface area contributed by atoms with Gasteiger partial charge in [0.15, 0.2) is 6.17 Å². The Morgan fingerprint density at radius 1 is 1.15 bits per heavy atom. The molecule has 0 spiro atoms. The normalized spacial score (nSPS) is 16.5. The number of amides is 1. The van der Waals surface area contributed by atoms with E-state index in [1.807, 2.05) is 37.3 Å². The summed E-state index contributed by atoms with van der Waals surface area (Å²) in [4.78, 5) is 14.1. The second-order valence-corrected chi connectivity index (χ2v) is 7.78. The molecule has 0 aliphatic carbocycles. The first-order valence-electron chi connectivity index (χ1n) is 10.0. The van der Waals surface area contributed by atoms with Crippen LogP contribution < -0.4 is 10.2 Å². The summed E-state index contributed by atoms with van der Waals surface area (Å²) in [6, 6.07) is 17.3. The van der Waals surface area contributed by atoms with Gasteiger partial charge >= 0.3 is 6.18 Å². The van der Waals surface area contributed by atoms with Crippen LogP contribution in [0.25, 0.3) is 11.3 Å². The number of aryl methyl sites for hydroxylation is 1. The van der Waals surface area contributed by atoms with E-state index in [1.165, 1.54) is 18.2 Å². The number of halogens is 3. The maximum absolute atomic E-state index is 13.1. The quantitative estimate of drug-likeness (QED) is 0.472. The van der Waals surface area contributed by atoms with Crippen LogP contribution in [-0.2, 0) is 17.4 Å². The average Bonchev–Trinajstić information content (AvgIpc) is 3.29. The van der Waals surface area contributed by atoms with Gasteiger partial charge in [-0.1, -0.05) is 31.2 Å². The average molecular weight is 469 g/mol. The van der Waals surface area contributed by atoms with Crippen LogP contribution in [0.4, 0.5) is 18.9 Å². The molecule has 33 heavy (non-hydrogen) atoms. The molecule has 4 rings (SSSR count). The molecule has 0 radical (unpaired) electrons. The van der Waals surface area contributed by atoms with Crippen LogP contribution in [0.15, 0.2) is 75.7 Å². The van der Waals surface area contributed by atoms with Gasteiger partial charge in [0.25, 0.3) is 5.91 Å². The first kappa shape index (κ1) is 22.6. The molecule has 2 heterocycles. The number of thiol groups is 1. The fourth-order valence-electron chi connectivity index (χ4n) is 3.57. The molecular formula is C24H18F3N3O2S. The van der Waals surface area contributed by atoms with Crippen molar-refractivity contribution in [3.05, 3.63) is 88.2 Å². The lowest BCUT2D eigenvalue weighted by Gasteiger charge is -2.36. The number of anilines is 1. The van der Waals surface area contributed by atoms with E-state index in [1.54, 1.807) is 11.0 Å². The van der Waals surface area contributed by atoms with E-state index >= 15 is 0 Å². The van der Waals surface area contributed by atoms with Gasteiger partial charge in [0.1, 0.15) is 23.2 Å². The van der Waals surface area contributed by atoms with Crippen LogP contribution in [0.1, 0.15) is 30.0 Å². The van der Waals surface area contributed by atoms with Crippen LogP contribution in [0, 0.1) is 11.3 Å². The number of nitriles is 1. The molecule has 1 unspecified atom stereocenters. The Labute approximate surface area is 193 Å². The summed E-state index contributed by atoms with van der Waals surface area (Å²) in [5.74, 6) is -0.132. The second kappa shape index (κ2) is 8.71. The largest absolute Gasteiger partial charge is 0.457 e. The van der Waals surface area contributed by atoms with Crippen LogP contribution in [0.3, 0.4) is 0 Å². The van der Waals surface area contributed by atoms with Crippen molar-refractivity contribution in [2.24, 2.45) is 0 Å². The van der Waals surface area contributed by atoms with Gasteiger partial charge in [0.05, 0.1) is 10.6 Å². The molecule has 168 valence electrons. The number of hydrogen-bond donors (Lipinski definition) is 2. The monoisotopic (exact) mass is 469 g/mol. The summed E-state index contributed by atoms with van der Waals surface area (Å²) < 4.78 is 45.2. The van der Waals surface area contributed by atoms with E-state index in [2.05, 4.69) is 17.9 Å². The summed E-state index contributed by atoms with van der Waals surface area (Å²) in [7, 11) is 0. The second-order valence-electron chi connectivity index (χ2n) is 7.36. The SMILES string of the molecule is CCc1ccc(N2C(S)=C(C#N)C(=O)NC2c2ccc(-c3cccc(C(F)(F)F)c3)o2)cc1. The van der Waals surface area contributed by atoms with Gasteiger partial charge in [-0.2, -0.15) is 18.4 Å². The van der Waals surface area contributed by atoms with E-state index in [4.69, 9.17) is 4.42 Å². The Morgan fingerprint density at radius 3 is 2.52 bits per heavy atom. The molecule has 3 aromatic rings. The van der Waals surface area contributed by atoms with Crippen molar-refractivity contribution in [3.63, 3.8) is 0 Å². The molecule has 0 bridgehead atoms. The fourth-order valence-corrected chi connectivity index (χ4v) is 3.95. The molecular weight excluding hydrogens is 451 g/mol. The van der Waals surface area contributed by atoms with Crippen molar-refractivity contribution in [2.45, 2.75) is 25.7 Å². The summed E-state index contributed by atoms with van der Waals surface area (Å²) >= 11 is 4.44. The maximum atomic E-state index is 13.1. The number of hydrogen-bond acceptors (Lipinski definition) is 5. The van der Waals surface area contributed by atoms with Gasteiger partial charge in [0.2, 0.25) is 0 Å². The number of nitrogens with zero attached hydrogens (tertiary/aromatic N) is 2. The highest BCUT2D eigenvalue weighted by Crippen LogP contribution is 2.38. The molecule has 1 aliphatic heterocycles. The van der Waals surface area contributed by atoms with Gasteiger partial charge < -0.3 is 14.6 Å². The van der Waals surface area contributed by atoms with Gasteiger partial charge in [-0.05, 0) is 48.4 Å².